The normalized spacial score (nSPS) is 10.6. The molecule has 1 aromatic heterocycles. The van der Waals surface area contributed by atoms with E-state index in [1.54, 1.807) is 18.0 Å². The smallest absolute Gasteiger partial charge is 0.220 e. The van der Waals surface area contributed by atoms with Crippen molar-refractivity contribution in [1.82, 2.24) is 20.4 Å². The summed E-state index contributed by atoms with van der Waals surface area (Å²) in [7, 11) is 3.54. The van der Waals surface area contributed by atoms with Gasteiger partial charge < -0.3 is 15.4 Å². The summed E-state index contributed by atoms with van der Waals surface area (Å²) in [5.74, 6) is 0.0763. The molecule has 0 radical (unpaired) electrons. The summed E-state index contributed by atoms with van der Waals surface area (Å²) in [6.45, 7) is 2.91. The molecule has 102 valence electrons. The molecule has 0 atom stereocenters. The average molecular weight is 254 g/mol. The zero-order chi connectivity index (χ0) is 13.2. The number of nitrogens with one attached hydrogen (secondary N) is 2. The number of ether oxygens (including phenoxy) is 1. The van der Waals surface area contributed by atoms with Crippen molar-refractivity contribution in [3.05, 3.63) is 18.0 Å². The van der Waals surface area contributed by atoms with Crippen molar-refractivity contribution < 1.29 is 9.53 Å². The van der Waals surface area contributed by atoms with Gasteiger partial charge in [-0.05, 0) is 12.0 Å². The second-order valence-corrected chi connectivity index (χ2v) is 4.12. The molecule has 6 nitrogen and oxygen atoms in total. The monoisotopic (exact) mass is 254 g/mol. The van der Waals surface area contributed by atoms with Crippen LogP contribution in [0.3, 0.4) is 0 Å². The van der Waals surface area contributed by atoms with Gasteiger partial charge in [0.1, 0.15) is 0 Å². The number of hydrogen-bond donors (Lipinski definition) is 2. The maximum absolute atomic E-state index is 11.5. The first kappa shape index (κ1) is 14.7. The van der Waals surface area contributed by atoms with Gasteiger partial charge in [-0.25, -0.2) is 0 Å². The van der Waals surface area contributed by atoms with Gasteiger partial charge >= 0.3 is 0 Å². The van der Waals surface area contributed by atoms with E-state index >= 15 is 0 Å². The van der Waals surface area contributed by atoms with E-state index in [0.717, 1.165) is 25.1 Å². The molecule has 0 aliphatic rings. The molecule has 0 bridgehead atoms. The van der Waals surface area contributed by atoms with Crippen LogP contribution in [0.4, 0.5) is 0 Å². The van der Waals surface area contributed by atoms with E-state index in [9.17, 15) is 4.79 Å². The van der Waals surface area contributed by atoms with E-state index in [0.29, 0.717) is 19.6 Å². The molecular formula is C12H22N4O2. The molecule has 0 spiro atoms. The molecule has 0 aromatic carbocycles. The van der Waals surface area contributed by atoms with Gasteiger partial charge in [-0.3, -0.25) is 9.48 Å². The Morgan fingerprint density at radius 2 is 2.28 bits per heavy atom. The summed E-state index contributed by atoms with van der Waals surface area (Å²) in [4.78, 5) is 11.5. The van der Waals surface area contributed by atoms with Crippen molar-refractivity contribution >= 4 is 5.91 Å². The maximum atomic E-state index is 11.5. The summed E-state index contributed by atoms with van der Waals surface area (Å²) < 4.78 is 6.64. The van der Waals surface area contributed by atoms with Gasteiger partial charge in [0.25, 0.3) is 0 Å². The van der Waals surface area contributed by atoms with E-state index in [1.807, 2.05) is 13.2 Å². The number of aromatic nitrogens is 2. The SMILES string of the molecule is COCCNCCNC(=O)CCc1cnn(C)c1. The van der Waals surface area contributed by atoms with Crippen molar-refractivity contribution in [2.24, 2.45) is 7.05 Å². The Morgan fingerprint density at radius 3 is 2.94 bits per heavy atom. The second-order valence-electron chi connectivity index (χ2n) is 4.12. The van der Waals surface area contributed by atoms with Gasteiger partial charge in [0, 0.05) is 46.4 Å². The lowest BCUT2D eigenvalue weighted by Gasteiger charge is -2.06. The fourth-order valence-electron chi connectivity index (χ4n) is 1.54. The molecule has 1 rings (SSSR count). The number of aryl methyl sites for hydroxylation is 2. The standard InChI is InChI=1S/C12H22N4O2/c1-16-10-11(9-15-16)3-4-12(17)14-6-5-13-7-8-18-2/h9-10,13H,3-8H2,1-2H3,(H,14,17). The van der Waals surface area contributed by atoms with Crippen molar-refractivity contribution in [2.75, 3.05) is 33.4 Å². The Labute approximate surface area is 108 Å². The highest BCUT2D eigenvalue weighted by Gasteiger charge is 2.02. The lowest BCUT2D eigenvalue weighted by molar-refractivity contribution is -0.121. The Morgan fingerprint density at radius 1 is 1.44 bits per heavy atom. The number of hydrogen-bond acceptors (Lipinski definition) is 4. The van der Waals surface area contributed by atoms with Gasteiger partial charge in [-0.2, -0.15) is 5.10 Å². The minimum atomic E-state index is 0.0763. The summed E-state index contributed by atoms with van der Waals surface area (Å²) in [5, 5.41) is 10.1. The molecule has 0 fully saturated rings. The van der Waals surface area contributed by atoms with E-state index in [4.69, 9.17) is 4.74 Å². The predicted molar refractivity (Wildman–Crippen MR) is 69.3 cm³/mol. The number of carbonyl (C=O) groups is 1. The number of nitrogens with zero attached hydrogens (tertiary/aromatic N) is 2. The van der Waals surface area contributed by atoms with Crippen molar-refractivity contribution in [2.45, 2.75) is 12.8 Å². The Balaban J connectivity index is 2.00. The highest BCUT2D eigenvalue weighted by Crippen LogP contribution is 2.00. The van der Waals surface area contributed by atoms with Crippen LogP contribution in [0, 0.1) is 0 Å². The van der Waals surface area contributed by atoms with E-state index in [1.165, 1.54) is 0 Å². The van der Waals surface area contributed by atoms with Gasteiger partial charge in [0.2, 0.25) is 5.91 Å². The molecule has 0 unspecified atom stereocenters. The molecule has 1 aromatic rings. The van der Waals surface area contributed by atoms with E-state index < -0.39 is 0 Å². The molecule has 6 heteroatoms. The summed E-state index contributed by atoms with van der Waals surface area (Å²) in [6, 6.07) is 0. The first-order valence-electron chi connectivity index (χ1n) is 6.16. The topological polar surface area (TPSA) is 68.2 Å². The fraction of sp³-hybridized carbons (Fsp3) is 0.667. The van der Waals surface area contributed by atoms with Crippen LogP contribution in [0.1, 0.15) is 12.0 Å². The Hall–Kier alpha value is -1.40. The van der Waals surface area contributed by atoms with Gasteiger partial charge in [-0.15, -0.1) is 0 Å². The largest absolute Gasteiger partial charge is 0.383 e. The summed E-state index contributed by atoms with van der Waals surface area (Å²) >= 11 is 0. The highest BCUT2D eigenvalue weighted by molar-refractivity contribution is 5.76. The molecule has 1 amide bonds. The van der Waals surface area contributed by atoms with Crippen LogP contribution < -0.4 is 10.6 Å². The maximum Gasteiger partial charge on any atom is 0.220 e. The molecule has 2 N–H and O–H groups in total. The quantitative estimate of drug-likeness (QED) is 0.594. The molecular weight excluding hydrogens is 232 g/mol. The van der Waals surface area contributed by atoms with Crippen LogP contribution in [0.15, 0.2) is 12.4 Å². The number of carbonyl (C=O) groups excluding carboxylic acids is 1. The third-order valence-electron chi connectivity index (χ3n) is 2.51. The predicted octanol–water partition coefficient (Wildman–Crippen LogP) is -0.295. The van der Waals surface area contributed by atoms with Gasteiger partial charge in [-0.1, -0.05) is 0 Å². The van der Waals surface area contributed by atoms with Gasteiger partial charge in [0.05, 0.1) is 12.8 Å². The molecule has 1 heterocycles. The minimum Gasteiger partial charge on any atom is -0.383 e. The van der Waals surface area contributed by atoms with E-state index in [-0.39, 0.29) is 5.91 Å². The van der Waals surface area contributed by atoms with Crippen molar-refractivity contribution in [1.29, 1.82) is 0 Å². The zero-order valence-electron chi connectivity index (χ0n) is 11.1. The minimum absolute atomic E-state index is 0.0763. The fourth-order valence-corrected chi connectivity index (χ4v) is 1.54. The third-order valence-corrected chi connectivity index (χ3v) is 2.51. The second kappa shape index (κ2) is 8.66. The molecule has 0 saturated carbocycles. The number of methoxy groups -OCH3 is 1. The lowest BCUT2D eigenvalue weighted by Crippen LogP contribution is -2.33. The van der Waals surface area contributed by atoms with Crippen LogP contribution in [-0.4, -0.2) is 49.0 Å². The Bertz CT molecular complexity index is 352. The summed E-state index contributed by atoms with van der Waals surface area (Å²) in [6.07, 6.45) is 4.96. The summed E-state index contributed by atoms with van der Waals surface area (Å²) in [5.41, 5.74) is 1.09. The van der Waals surface area contributed by atoms with E-state index in [2.05, 4.69) is 15.7 Å². The first-order chi connectivity index (χ1) is 8.72. The lowest BCUT2D eigenvalue weighted by atomic mass is 10.2. The average Bonchev–Trinajstić information content (AvgIpc) is 2.77. The molecule has 0 saturated heterocycles. The van der Waals surface area contributed by atoms with Crippen molar-refractivity contribution in [3.8, 4) is 0 Å². The van der Waals surface area contributed by atoms with Crippen molar-refractivity contribution in [3.63, 3.8) is 0 Å². The van der Waals surface area contributed by atoms with Crippen LogP contribution >= 0.6 is 0 Å². The molecule has 18 heavy (non-hydrogen) atoms. The zero-order valence-corrected chi connectivity index (χ0v) is 11.1. The Kier molecular flexibility index (Phi) is 7.05. The molecule has 0 aliphatic carbocycles. The van der Waals surface area contributed by atoms with Crippen LogP contribution in [0.25, 0.3) is 0 Å². The van der Waals surface area contributed by atoms with Gasteiger partial charge in [0.15, 0.2) is 0 Å². The van der Waals surface area contributed by atoms with Crippen LogP contribution in [-0.2, 0) is 23.0 Å². The first-order valence-corrected chi connectivity index (χ1v) is 6.16. The highest BCUT2D eigenvalue weighted by atomic mass is 16.5. The van der Waals surface area contributed by atoms with Crippen LogP contribution in [0.2, 0.25) is 0 Å². The number of amides is 1. The van der Waals surface area contributed by atoms with Crippen LogP contribution in [0.5, 0.6) is 0 Å². The third kappa shape index (κ3) is 6.36. The molecule has 0 aliphatic heterocycles. The number of rotatable bonds is 9.